The average Bonchev–Trinajstić information content (AvgIpc) is 2.46. The number of benzene rings is 1. The van der Waals surface area contributed by atoms with Gasteiger partial charge >= 0.3 is 0 Å². The number of amides is 1. The van der Waals surface area contributed by atoms with Gasteiger partial charge in [0.15, 0.2) is 0 Å². The molecule has 0 aliphatic carbocycles. The van der Waals surface area contributed by atoms with E-state index in [0.29, 0.717) is 30.2 Å². The van der Waals surface area contributed by atoms with E-state index >= 15 is 0 Å². The van der Waals surface area contributed by atoms with Gasteiger partial charge in [-0.05, 0) is 24.6 Å². The van der Waals surface area contributed by atoms with Crippen molar-refractivity contribution in [2.75, 3.05) is 34.5 Å². The minimum Gasteiger partial charge on any atom is -0.497 e. The molecular weight excluding hydrogens is 326 g/mol. The van der Waals surface area contributed by atoms with Gasteiger partial charge in [-0.2, -0.15) is 0 Å². The largest absolute Gasteiger partial charge is 0.497 e. The van der Waals surface area contributed by atoms with Gasteiger partial charge in [0.05, 0.1) is 26.4 Å². The lowest BCUT2D eigenvalue weighted by atomic mass is 10.1. The third kappa shape index (κ3) is 5.02. The first-order valence-corrected chi connectivity index (χ1v) is 7.17. The van der Waals surface area contributed by atoms with Crippen LogP contribution in [0.1, 0.15) is 16.8 Å². The van der Waals surface area contributed by atoms with Crippen molar-refractivity contribution in [3.63, 3.8) is 0 Å². The lowest BCUT2D eigenvalue weighted by Crippen LogP contribution is -2.27. The second-order valence-corrected chi connectivity index (χ2v) is 5.46. The number of ether oxygens (including phenoxy) is 3. The molecule has 0 heterocycles. The predicted molar refractivity (Wildman–Crippen MR) is 81.1 cm³/mol. The van der Waals surface area contributed by atoms with E-state index in [1.165, 1.54) is 7.11 Å². The number of halogens is 1. The fraction of sp³-hybridized carbons (Fsp3) is 0.500. The van der Waals surface area contributed by atoms with Crippen LogP contribution in [-0.4, -0.2) is 45.2 Å². The highest BCUT2D eigenvalue weighted by molar-refractivity contribution is 9.09. The number of hydrogen-bond acceptors (Lipinski definition) is 4. The van der Waals surface area contributed by atoms with Gasteiger partial charge in [-0.15, -0.1) is 0 Å². The maximum atomic E-state index is 12.1. The number of rotatable bonds is 8. The maximum absolute atomic E-state index is 12.1. The van der Waals surface area contributed by atoms with Gasteiger partial charge in [0, 0.05) is 18.5 Å². The summed E-state index contributed by atoms with van der Waals surface area (Å²) in [5, 5.41) is 2.85. The summed E-state index contributed by atoms with van der Waals surface area (Å²) >= 11 is 3.47. The molecule has 5 nitrogen and oxygen atoms in total. The summed E-state index contributed by atoms with van der Waals surface area (Å²) in [6.07, 6.45) is 0.784. The molecule has 0 fully saturated rings. The van der Waals surface area contributed by atoms with Gasteiger partial charge in [0.1, 0.15) is 11.5 Å². The number of methoxy groups -OCH3 is 3. The number of alkyl halides is 1. The summed E-state index contributed by atoms with van der Waals surface area (Å²) in [6.45, 7) is 1.16. The van der Waals surface area contributed by atoms with Gasteiger partial charge in [-0.25, -0.2) is 0 Å². The van der Waals surface area contributed by atoms with Gasteiger partial charge in [0.2, 0.25) is 0 Å². The second-order valence-electron chi connectivity index (χ2n) is 4.16. The van der Waals surface area contributed by atoms with Gasteiger partial charge in [-0.3, -0.25) is 4.79 Å². The Hall–Kier alpha value is -1.27. The standard InChI is InChI=1S/C14H20BrNO4/c1-18-9-10(15)6-7-16-14(17)12-8-11(19-2)4-5-13(12)20-3/h4-5,8,10H,6-7,9H2,1-3H3,(H,16,17). The van der Waals surface area contributed by atoms with Crippen molar-refractivity contribution in [3.05, 3.63) is 23.8 Å². The molecule has 0 bridgehead atoms. The Bertz CT molecular complexity index is 439. The summed E-state index contributed by atoms with van der Waals surface area (Å²) in [6, 6.07) is 5.13. The Morgan fingerprint density at radius 3 is 2.65 bits per heavy atom. The summed E-state index contributed by atoms with van der Waals surface area (Å²) < 4.78 is 15.3. The summed E-state index contributed by atoms with van der Waals surface area (Å²) in [5.74, 6) is 0.960. The number of carbonyl (C=O) groups is 1. The molecule has 0 spiro atoms. The Kier molecular flexibility index (Phi) is 7.40. The van der Waals surface area contributed by atoms with E-state index in [-0.39, 0.29) is 10.7 Å². The first kappa shape index (κ1) is 16.8. The molecule has 1 aromatic carbocycles. The lowest BCUT2D eigenvalue weighted by Gasteiger charge is -2.12. The molecule has 0 aromatic heterocycles. The second kappa shape index (κ2) is 8.81. The van der Waals surface area contributed by atoms with E-state index in [4.69, 9.17) is 14.2 Å². The van der Waals surface area contributed by atoms with Crippen LogP contribution in [-0.2, 0) is 4.74 Å². The molecule has 1 atom stereocenters. The third-order valence-corrected chi connectivity index (χ3v) is 3.46. The molecule has 1 aromatic rings. The normalized spacial score (nSPS) is 11.8. The predicted octanol–water partition coefficient (Wildman–Crippen LogP) is 2.23. The zero-order valence-corrected chi connectivity index (χ0v) is 13.5. The number of nitrogens with one attached hydrogen (secondary N) is 1. The summed E-state index contributed by atoms with van der Waals surface area (Å²) in [4.78, 5) is 12.4. The van der Waals surface area contributed by atoms with E-state index < -0.39 is 0 Å². The Morgan fingerprint density at radius 2 is 2.05 bits per heavy atom. The summed E-state index contributed by atoms with van der Waals surface area (Å²) in [7, 11) is 4.74. The zero-order chi connectivity index (χ0) is 15.0. The molecular formula is C14H20BrNO4. The van der Waals surface area contributed by atoms with Crippen LogP contribution in [0, 0.1) is 0 Å². The molecule has 0 aliphatic rings. The smallest absolute Gasteiger partial charge is 0.255 e. The Morgan fingerprint density at radius 1 is 1.30 bits per heavy atom. The fourth-order valence-electron chi connectivity index (χ4n) is 1.69. The molecule has 6 heteroatoms. The van der Waals surface area contributed by atoms with Crippen molar-refractivity contribution < 1.29 is 19.0 Å². The first-order chi connectivity index (χ1) is 9.62. The van der Waals surface area contributed by atoms with Crippen molar-refractivity contribution in [1.82, 2.24) is 5.32 Å². The molecule has 20 heavy (non-hydrogen) atoms. The molecule has 0 saturated carbocycles. The quantitative estimate of drug-likeness (QED) is 0.734. The molecule has 1 N–H and O–H groups in total. The van der Waals surface area contributed by atoms with Crippen molar-refractivity contribution in [3.8, 4) is 11.5 Å². The zero-order valence-electron chi connectivity index (χ0n) is 11.9. The number of hydrogen-bond donors (Lipinski definition) is 1. The highest BCUT2D eigenvalue weighted by atomic mass is 79.9. The third-order valence-electron chi connectivity index (χ3n) is 2.74. The highest BCUT2D eigenvalue weighted by Gasteiger charge is 2.13. The van der Waals surface area contributed by atoms with E-state index in [2.05, 4.69) is 21.2 Å². The Labute approximate surface area is 127 Å². The van der Waals surface area contributed by atoms with Crippen LogP contribution in [0.15, 0.2) is 18.2 Å². The molecule has 0 saturated heterocycles. The van der Waals surface area contributed by atoms with Crippen LogP contribution >= 0.6 is 15.9 Å². The van der Waals surface area contributed by atoms with Crippen LogP contribution in [0.2, 0.25) is 0 Å². The van der Waals surface area contributed by atoms with Crippen molar-refractivity contribution >= 4 is 21.8 Å². The maximum Gasteiger partial charge on any atom is 0.255 e. The van der Waals surface area contributed by atoms with Crippen LogP contribution in [0.25, 0.3) is 0 Å². The topological polar surface area (TPSA) is 56.8 Å². The molecule has 112 valence electrons. The fourth-order valence-corrected chi connectivity index (χ4v) is 2.19. The van der Waals surface area contributed by atoms with Crippen LogP contribution < -0.4 is 14.8 Å². The van der Waals surface area contributed by atoms with Crippen LogP contribution in [0.5, 0.6) is 11.5 Å². The molecule has 1 rings (SSSR count). The van der Waals surface area contributed by atoms with Crippen molar-refractivity contribution in [2.24, 2.45) is 0 Å². The average molecular weight is 346 g/mol. The highest BCUT2D eigenvalue weighted by Crippen LogP contribution is 2.23. The van der Waals surface area contributed by atoms with Gasteiger partial charge < -0.3 is 19.5 Å². The summed E-state index contributed by atoms with van der Waals surface area (Å²) in [5.41, 5.74) is 0.463. The minimum absolute atomic E-state index is 0.183. The SMILES string of the molecule is COCC(Br)CCNC(=O)c1cc(OC)ccc1OC. The van der Waals surface area contributed by atoms with E-state index in [1.54, 1.807) is 32.4 Å². The van der Waals surface area contributed by atoms with Gasteiger partial charge in [0.25, 0.3) is 5.91 Å². The van der Waals surface area contributed by atoms with E-state index in [1.807, 2.05) is 0 Å². The molecule has 1 amide bonds. The lowest BCUT2D eigenvalue weighted by molar-refractivity contribution is 0.0948. The van der Waals surface area contributed by atoms with Crippen LogP contribution in [0.3, 0.4) is 0 Å². The molecule has 0 radical (unpaired) electrons. The number of carbonyl (C=O) groups excluding carboxylic acids is 1. The van der Waals surface area contributed by atoms with Crippen molar-refractivity contribution in [1.29, 1.82) is 0 Å². The molecule has 0 aliphatic heterocycles. The molecule has 1 unspecified atom stereocenters. The van der Waals surface area contributed by atoms with E-state index in [0.717, 1.165) is 6.42 Å². The van der Waals surface area contributed by atoms with E-state index in [9.17, 15) is 4.79 Å². The van der Waals surface area contributed by atoms with Gasteiger partial charge in [-0.1, -0.05) is 15.9 Å². The minimum atomic E-state index is -0.183. The van der Waals surface area contributed by atoms with Crippen LogP contribution in [0.4, 0.5) is 0 Å². The Balaban J connectivity index is 2.62. The van der Waals surface area contributed by atoms with Crippen molar-refractivity contribution in [2.45, 2.75) is 11.2 Å². The monoisotopic (exact) mass is 345 g/mol. The first-order valence-electron chi connectivity index (χ1n) is 6.25.